The zero-order chi connectivity index (χ0) is 5.66. The summed E-state index contributed by atoms with van der Waals surface area (Å²) < 4.78 is 0. The predicted molar refractivity (Wildman–Crippen MR) is 31.3 cm³/mol. The summed E-state index contributed by atoms with van der Waals surface area (Å²) in [5, 5.41) is 0. The van der Waals surface area contributed by atoms with Crippen molar-refractivity contribution >= 4 is 0 Å². The van der Waals surface area contributed by atoms with Crippen molar-refractivity contribution in [3.63, 3.8) is 0 Å². The molecule has 0 fully saturated rings. The van der Waals surface area contributed by atoms with Crippen molar-refractivity contribution in [2.24, 2.45) is 0 Å². The standard InChI is InChI=1S/C8H4/c1-2-4-6-8-7-5-3-1/h1,4H,2H2. The van der Waals surface area contributed by atoms with Gasteiger partial charge in [0.25, 0.3) is 0 Å². The summed E-state index contributed by atoms with van der Waals surface area (Å²) in [7, 11) is 0. The first kappa shape index (κ1) is 4.79. The normalized spacial score (nSPS) is 12.0. The Balaban J connectivity index is 3.36. The van der Waals surface area contributed by atoms with E-state index in [1.807, 2.05) is 12.2 Å². The maximum atomic E-state index is 2.77. The Kier molecular flexibility index (Phi) is 1.65. The summed E-state index contributed by atoms with van der Waals surface area (Å²) >= 11 is 0. The van der Waals surface area contributed by atoms with Crippen LogP contribution in [0.3, 0.4) is 0 Å². The number of hydrogen-bond donors (Lipinski definition) is 0. The van der Waals surface area contributed by atoms with Crippen LogP contribution in [0.25, 0.3) is 0 Å². The molecular weight excluding hydrogens is 96.1 g/mol. The second-order valence-corrected chi connectivity index (χ2v) is 1.31. The molecule has 0 spiro atoms. The molecule has 0 atom stereocenters. The molecule has 0 aliphatic heterocycles. The molecule has 0 amide bonds. The molecular formula is C8H4. The molecule has 1 aliphatic rings. The van der Waals surface area contributed by atoms with Crippen LogP contribution < -0.4 is 0 Å². The van der Waals surface area contributed by atoms with E-state index in [4.69, 9.17) is 0 Å². The Labute approximate surface area is 48.2 Å². The third-order valence-electron chi connectivity index (χ3n) is 0.709. The monoisotopic (exact) mass is 100 g/mol. The van der Waals surface area contributed by atoms with E-state index in [9.17, 15) is 0 Å². The molecule has 1 aliphatic carbocycles. The zero-order valence-electron chi connectivity index (χ0n) is 4.36. The van der Waals surface area contributed by atoms with E-state index in [1.54, 1.807) is 0 Å². The Morgan fingerprint density at radius 3 is 2.12 bits per heavy atom. The minimum Gasteiger partial charge on any atom is -0.0648 e. The lowest BCUT2D eigenvalue weighted by Gasteiger charge is -1.67. The van der Waals surface area contributed by atoms with Crippen molar-refractivity contribution in [3.05, 3.63) is 40.8 Å². The summed E-state index contributed by atoms with van der Waals surface area (Å²) in [6.07, 6.45) is 4.59. The first-order valence-corrected chi connectivity index (χ1v) is 2.39. The van der Waals surface area contributed by atoms with Crippen LogP contribution in [-0.4, -0.2) is 0 Å². The number of rotatable bonds is 0. The van der Waals surface area contributed by atoms with Crippen LogP contribution in [0.15, 0.2) is 40.8 Å². The minimum absolute atomic E-state index is 0.863. The Morgan fingerprint density at radius 2 is 1.50 bits per heavy atom. The number of allylic oxidation sites excluding steroid dienone is 2. The largest absolute Gasteiger partial charge is 0.0648 e. The third kappa shape index (κ3) is 1.39. The van der Waals surface area contributed by atoms with E-state index in [2.05, 4.69) is 28.7 Å². The van der Waals surface area contributed by atoms with Gasteiger partial charge in [0.1, 0.15) is 0 Å². The fourth-order valence-corrected chi connectivity index (χ4v) is 0.382. The SMILES string of the molecule is C1=C=C=CCC=C=C=1. The van der Waals surface area contributed by atoms with Crippen molar-refractivity contribution in [3.8, 4) is 0 Å². The predicted octanol–water partition coefficient (Wildman–Crippen LogP) is 1.72. The van der Waals surface area contributed by atoms with E-state index < -0.39 is 0 Å². The van der Waals surface area contributed by atoms with Crippen LogP contribution in [0.1, 0.15) is 6.42 Å². The van der Waals surface area contributed by atoms with Gasteiger partial charge in [-0.15, -0.1) is 0 Å². The molecule has 0 unspecified atom stereocenters. The quantitative estimate of drug-likeness (QED) is 0.406. The average Bonchev–Trinajstić information content (AvgIpc) is 1.62. The highest BCUT2D eigenvalue weighted by atomic mass is 13.7. The number of hydrogen-bond acceptors (Lipinski definition) is 0. The van der Waals surface area contributed by atoms with Crippen LogP contribution >= 0.6 is 0 Å². The molecule has 0 nitrogen and oxygen atoms in total. The lowest BCUT2D eigenvalue weighted by Crippen LogP contribution is -1.49. The molecule has 0 heteroatoms. The summed E-state index contributed by atoms with van der Waals surface area (Å²) in [5.74, 6) is 0. The van der Waals surface area contributed by atoms with Crippen molar-refractivity contribution < 1.29 is 0 Å². The van der Waals surface area contributed by atoms with Gasteiger partial charge < -0.3 is 0 Å². The molecule has 0 radical (unpaired) electrons. The molecule has 0 bridgehead atoms. The summed E-state index contributed by atoms with van der Waals surface area (Å²) in [6.45, 7) is 0. The Bertz CT molecular complexity index is 237. The third-order valence-corrected chi connectivity index (χ3v) is 0.709. The highest BCUT2D eigenvalue weighted by Crippen LogP contribution is 1.80. The maximum absolute atomic E-state index is 2.77. The van der Waals surface area contributed by atoms with Gasteiger partial charge in [0, 0.05) is 0 Å². The van der Waals surface area contributed by atoms with Crippen LogP contribution in [-0.2, 0) is 0 Å². The summed E-state index contributed by atoms with van der Waals surface area (Å²) in [6, 6.07) is 0. The Morgan fingerprint density at radius 1 is 0.875 bits per heavy atom. The minimum atomic E-state index is 0.863. The highest BCUT2D eigenvalue weighted by molar-refractivity contribution is 4.97. The van der Waals surface area contributed by atoms with Gasteiger partial charge in [-0.25, -0.2) is 0 Å². The van der Waals surface area contributed by atoms with Gasteiger partial charge in [0.2, 0.25) is 0 Å². The molecule has 1 rings (SSSR count). The molecule has 0 aromatic rings. The van der Waals surface area contributed by atoms with Crippen LogP contribution in [0.4, 0.5) is 0 Å². The van der Waals surface area contributed by atoms with Gasteiger partial charge in [-0.05, 0) is 35.8 Å². The summed E-state index contributed by atoms with van der Waals surface area (Å²) in [4.78, 5) is 0. The smallest absolute Gasteiger partial charge is 0.000341 e. The zero-order valence-corrected chi connectivity index (χ0v) is 4.36. The maximum Gasteiger partial charge on any atom is -0.000341 e. The fourth-order valence-electron chi connectivity index (χ4n) is 0.382. The first-order chi connectivity index (χ1) is 4.00. The van der Waals surface area contributed by atoms with Crippen molar-refractivity contribution in [1.29, 1.82) is 0 Å². The average molecular weight is 100 g/mol. The second kappa shape index (κ2) is 2.75. The van der Waals surface area contributed by atoms with E-state index in [1.165, 1.54) is 0 Å². The van der Waals surface area contributed by atoms with Gasteiger partial charge in [-0.1, -0.05) is 11.5 Å². The lowest BCUT2D eigenvalue weighted by atomic mass is 10.4. The lowest BCUT2D eigenvalue weighted by molar-refractivity contribution is 1.41. The molecule has 8 heavy (non-hydrogen) atoms. The van der Waals surface area contributed by atoms with Gasteiger partial charge in [-0.2, -0.15) is 0 Å². The molecule has 0 saturated heterocycles. The summed E-state index contributed by atoms with van der Waals surface area (Å²) in [5.41, 5.74) is 13.4. The van der Waals surface area contributed by atoms with Crippen molar-refractivity contribution in [1.82, 2.24) is 0 Å². The van der Waals surface area contributed by atoms with Crippen LogP contribution in [0, 0.1) is 0 Å². The van der Waals surface area contributed by atoms with Gasteiger partial charge in [0.05, 0.1) is 0 Å². The van der Waals surface area contributed by atoms with Crippen molar-refractivity contribution in [2.45, 2.75) is 6.42 Å². The molecule has 36 valence electrons. The topological polar surface area (TPSA) is 0 Å². The fraction of sp³-hybridized carbons (Fsp3) is 0.125. The molecule has 0 saturated carbocycles. The van der Waals surface area contributed by atoms with Crippen molar-refractivity contribution in [2.75, 3.05) is 0 Å². The van der Waals surface area contributed by atoms with E-state index in [0.29, 0.717) is 0 Å². The highest BCUT2D eigenvalue weighted by Gasteiger charge is 1.63. The molecule has 0 aromatic carbocycles. The van der Waals surface area contributed by atoms with E-state index >= 15 is 0 Å². The molecule has 0 heterocycles. The molecule has 0 aromatic heterocycles. The van der Waals surface area contributed by atoms with Gasteiger partial charge in [-0.3, -0.25) is 0 Å². The van der Waals surface area contributed by atoms with E-state index in [0.717, 1.165) is 6.42 Å². The molecule has 0 N–H and O–H groups in total. The van der Waals surface area contributed by atoms with Gasteiger partial charge in [0.15, 0.2) is 0 Å². The Hall–Kier alpha value is -1.36. The van der Waals surface area contributed by atoms with E-state index in [-0.39, 0.29) is 0 Å². The van der Waals surface area contributed by atoms with Crippen LogP contribution in [0.5, 0.6) is 0 Å². The van der Waals surface area contributed by atoms with Crippen LogP contribution in [0.2, 0.25) is 0 Å². The first-order valence-electron chi connectivity index (χ1n) is 2.39. The van der Waals surface area contributed by atoms with Gasteiger partial charge >= 0.3 is 0 Å². The second-order valence-electron chi connectivity index (χ2n) is 1.31.